The Morgan fingerprint density at radius 3 is 2.77 bits per heavy atom. The quantitative estimate of drug-likeness (QED) is 0.447. The molecule has 0 aromatic carbocycles. The van der Waals surface area contributed by atoms with E-state index in [0.29, 0.717) is 18.8 Å². The van der Waals surface area contributed by atoms with Gasteiger partial charge in [0.1, 0.15) is 18.0 Å². The normalized spacial score (nSPS) is 32.2. The predicted molar refractivity (Wildman–Crippen MR) is 48.6 cm³/mol. The third-order valence-electron chi connectivity index (χ3n) is 2.15. The van der Waals surface area contributed by atoms with Crippen LogP contribution in [0.3, 0.4) is 0 Å². The van der Waals surface area contributed by atoms with Crippen molar-refractivity contribution in [3.63, 3.8) is 0 Å². The standard InChI is InChI=1S/C9H12N2O2/c10-9(11)6-1-2-7-8(5-6)13-4-3-12-7/h1-2,5,7-8H,3-4H2,(H3,10,11). The second-order valence-electron chi connectivity index (χ2n) is 3.07. The SMILES string of the molecule is N=C(N)C1=CC2OCCOC2C=C1. The molecular weight excluding hydrogens is 168 g/mol. The predicted octanol–water partition coefficient (Wildman–Crippen LogP) is 0.203. The van der Waals surface area contributed by atoms with Gasteiger partial charge in [0.25, 0.3) is 0 Å². The first kappa shape index (κ1) is 8.47. The fourth-order valence-corrected chi connectivity index (χ4v) is 1.48. The Labute approximate surface area is 76.5 Å². The molecular formula is C9H12N2O2. The zero-order chi connectivity index (χ0) is 9.26. The van der Waals surface area contributed by atoms with E-state index in [1.165, 1.54) is 0 Å². The zero-order valence-corrected chi connectivity index (χ0v) is 7.19. The molecule has 1 aliphatic heterocycles. The van der Waals surface area contributed by atoms with Gasteiger partial charge in [-0.15, -0.1) is 0 Å². The van der Waals surface area contributed by atoms with Crippen molar-refractivity contribution in [1.82, 2.24) is 0 Å². The van der Waals surface area contributed by atoms with Crippen molar-refractivity contribution < 1.29 is 9.47 Å². The Kier molecular flexibility index (Phi) is 2.16. The van der Waals surface area contributed by atoms with Crippen LogP contribution in [-0.4, -0.2) is 31.3 Å². The minimum Gasteiger partial charge on any atom is -0.384 e. The summed E-state index contributed by atoms with van der Waals surface area (Å²) >= 11 is 0. The van der Waals surface area contributed by atoms with Gasteiger partial charge in [0.2, 0.25) is 0 Å². The number of ether oxygens (including phenoxy) is 2. The number of rotatable bonds is 1. The molecule has 1 aliphatic carbocycles. The molecule has 2 rings (SSSR count). The summed E-state index contributed by atoms with van der Waals surface area (Å²) in [5.41, 5.74) is 6.07. The molecule has 0 bridgehead atoms. The summed E-state index contributed by atoms with van der Waals surface area (Å²) in [4.78, 5) is 0. The number of hydrogen-bond donors (Lipinski definition) is 2. The summed E-state index contributed by atoms with van der Waals surface area (Å²) in [5, 5.41) is 7.26. The van der Waals surface area contributed by atoms with Crippen molar-refractivity contribution in [2.45, 2.75) is 12.2 Å². The van der Waals surface area contributed by atoms with Crippen LogP contribution in [-0.2, 0) is 9.47 Å². The van der Waals surface area contributed by atoms with Gasteiger partial charge < -0.3 is 15.2 Å². The van der Waals surface area contributed by atoms with Crippen molar-refractivity contribution >= 4 is 5.84 Å². The zero-order valence-electron chi connectivity index (χ0n) is 7.19. The minimum absolute atomic E-state index is 0.00292. The van der Waals surface area contributed by atoms with Gasteiger partial charge >= 0.3 is 0 Å². The molecule has 0 spiro atoms. The molecule has 1 fully saturated rings. The highest BCUT2D eigenvalue weighted by molar-refractivity contribution is 5.97. The summed E-state index contributed by atoms with van der Waals surface area (Å²) in [7, 11) is 0. The molecule has 0 amide bonds. The average molecular weight is 180 g/mol. The molecule has 3 N–H and O–H groups in total. The third-order valence-corrected chi connectivity index (χ3v) is 2.15. The van der Waals surface area contributed by atoms with E-state index in [1.54, 1.807) is 6.08 Å². The van der Waals surface area contributed by atoms with Crippen molar-refractivity contribution in [1.29, 1.82) is 5.41 Å². The maximum atomic E-state index is 7.26. The van der Waals surface area contributed by atoms with Crippen LogP contribution < -0.4 is 5.73 Å². The first-order valence-corrected chi connectivity index (χ1v) is 4.25. The summed E-state index contributed by atoms with van der Waals surface area (Å²) in [6.45, 7) is 1.24. The van der Waals surface area contributed by atoms with E-state index in [0.717, 1.165) is 0 Å². The van der Waals surface area contributed by atoms with E-state index in [-0.39, 0.29) is 18.0 Å². The molecule has 0 saturated carbocycles. The molecule has 0 aromatic rings. The Hall–Kier alpha value is -1.13. The maximum absolute atomic E-state index is 7.26. The fourth-order valence-electron chi connectivity index (χ4n) is 1.48. The third kappa shape index (κ3) is 1.64. The summed E-state index contributed by atoms with van der Waals surface area (Å²) in [5.74, 6) is 0.0730. The lowest BCUT2D eigenvalue weighted by Gasteiger charge is -2.30. The lowest BCUT2D eigenvalue weighted by molar-refractivity contribution is -0.102. The van der Waals surface area contributed by atoms with Crippen molar-refractivity contribution in [2.24, 2.45) is 5.73 Å². The van der Waals surface area contributed by atoms with Crippen LogP contribution >= 0.6 is 0 Å². The summed E-state index contributed by atoms with van der Waals surface area (Å²) in [6, 6.07) is 0. The molecule has 4 nitrogen and oxygen atoms in total. The first-order valence-electron chi connectivity index (χ1n) is 4.25. The van der Waals surface area contributed by atoms with E-state index < -0.39 is 0 Å². The number of hydrogen-bond acceptors (Lipinski definition) is 3. The largest absolute Gasteiger partial charge is 0.384 e. The smallest absolute Gasteiger partial charge is 0.122 e. The van der Waals surface area contributed by atoms with Gasteiger partial charge in [0.05, 0.1) is 13.2 Å². The summed E-state index contributed by atoms with van der Waals surface area (Å²) in [6.07, 6.45) is 5.46. The van der Waals surface area contributed by atoms with E-state index in [9.17, 15) is 0 Å². The lowest BCUT2D eigenvalue weighted by atomic mass is 10.0. The molecule has 4 heteroatoms. The second-order valence-corrected chi connectivity index (χ2v) is 3.07. The van der Waals surface area contributed by atoms with E-state index in [4.69, 9.17) is 20.6 Å². The number of nitrogens with two attached hydrogens (primary N) is 1. The Morgan fingerprint density at radius 2 is 2.08 bits per heavy atom. The monoisotopic (exact) mass is 180 g/mol. The van der Waals surface area contributed by atoms with Crippen LogP contribution in [0.1, 0.15) is 0 Å². The minimum atomic E-state index is -0.0716. The van der Waals surface area contributed by atoms with Crippen LogP contribution in [0.2, 0.25) is 0 Å². The van der Waals surface area contributed by atoms with Gasteiger partial charge in [0.15, 0.2) is 0 Å². The Morgan fingerprint density at radius 1 is 1.38 bits per heavy atom. The van der Waals surface area contributed by atoms with Crippen LogP contribution in [0.25, 0.3) is 0 Å². The molecule has 0 aromatic heterocycles. The maximum Gasteiger partial charge on any atom is 0.122 e. The lowest BCUT2D eigenvalue weighted by Crippen LogP contribution is -2.38. The highest BCUT2D eigenvalue weighted by Gasteiger charge is 2.25. The van der Waals surface area contributed by atoms with E-state index >= 15 is 0 Å². The highest BCUT2D eigenvalue weighted by Crippen LogP contribution is 2.19. The first-order chi connectivity index (χ1) is 6.27. The molecule has 13 heavy (non-hydrogen) atoms. The molecule has 2 aliphatic rings. The molecule has 70 valence electrons. The van der Waals surface area contributed by atoms with Gasteiger partial charge in [-0.1, -0.05) is 12.2 Å². The van der Waals surface area contributed by atoms with Gasteiger partial charge in [-0.05, 0) is 6.08 Å². The molecule has 2 atom stereocenters. The Bertz CT molecular complexity index is 283. The number of fused-ring (bicyclic) bond motifs is 1. The van der Waals surface area contributed by atoms with Gasteiger partial charge in [-0.3, -0.25) is 5.41 Å². The average Bonchev–Trinajstić information content (AvgIpc) is 2.17. The Balaban J connectivity index is 2.16. The van der Waals surface area contributed by atoms with Gasteiger partial charge in [-0.2, -0.15) is 0 Å². The van der Waals surface area contributed by atoms with Crippen molar-refractivity contribution in [3.8, 4) is 0 Å². The van der Waals surface area contributed by atoms with Crippen molar-refractivity contribution in [2.75, 3.05) is 13.2 Å². The van der Waals surface area contributed by atoms with Crippen LogP contribution in [0.15, 0.2) is 23.8 Å². The van der Waals surface area contributed by atoms with Crippen LogP contribution in [0.4, 0.5) is 0 Å². The van der Waals surface area contributed by atoms with Crippen LogP contribution in [0.5, 0.6) is 0 Å². The number of nitrogens with one attached hydrogen (secondary N) is 1. The topological polar surface area (TPSA) is 68.3 Å². The molecule has 1 saturated heterocycles. The molecule has 1 heterocycles. The molecule has 2 unspecified atom stereocenters. The van der Waals surface area contributed by atoms with Crippen LogP contribution in [0, 0.1) is 5.41 Å². The fraction of sp³-hybridized carbons (Fsp3) is 0.444. The summed E-state index contributed by atoms with van der Waals surface area (Å²) < 4.78 is 10.9. The van der Waals surface area contributed by atoms with E-state index in [2.05, 4.69) is 0 Å². The molecule has 0 radical (unpaired) electrons. The highest BCUT2D eigenvalue weighted by atomic mass is 16.6. The van der Waals surface area contributed by atoms with Crippen molar-refractivity contribution in [3.05, 3.63) is 23.8 Å². The number of amidine groups is 1. The van der Waals surface area contributed by atoms with Gasteiger partial charge in [0, 0.05) is 5.57 Å². The van der Waals surface area contributed by atoms with E-state index in [1.807, 2.05) is 12.2 Å². The van der Waals surface area contributed by atoms with Gasteiger partial charge in [-0.25, -0.2) is 0 Å². The second kappa shape index (κ2) is 3.32.